The minimum atomic E-state index is 0.0151. The Morgan fingerprint density at radius 2 is 2.35 bits per heavy atom. The summed E-state index contributed by atoms with van der Waals surface area (Å²) in [5.74, 6) is 0.104. The number of amides is 1. The number of aromatic nitrogens is 2. The summed E-state index contributed by atoms with van der Waals surface area (Å²) in [6.07, 6.45) is 4.18. The van der Waals surface area contributed by atoms with E-state index in [0.717, 1.165) is 46.4 Å². The van der Waals surface area contributed by atoms with Crippen molar-refractivity contribution in [3.05, 3.63) is 46.0 Å². The number of imidazole rings is 1. The Bertz CT molecular complexity index is 650. The van der Waals surface area contributed by atoms with Crippen LogP contribution in [0.25, 0.3) is 0 Å². The van der Waals surface area contributed by atoms with Crippen LogP contribution in [0.15, 0.2) is 29.0 Å². The first-order valence-electron chi connectivity index (χ1n) is 6.72. The second-order valence-electron chi connectivity index (χ2n) is 5.17. The van der Waals surface area contributed by atoms with Crippen molar-refractivity contribution in [1.82, 2.24) is 9.97 Å². The Kier molecular flexibility index (Phi) is 3.61. The molecule has 1 aromatic carbocycles. The maximum absolute atomic E-state index is 12.4. The lowest BCUT2D eigenvalue weighted by Crippen LogP contribution is -2.28. The van der Waals surface area contributed by atoms with Crippen LogP contribution in [0.2, 0.25) is 0 Å². The summed E-state index contributed by atoms with van der Waals surface area (Å²) < 4.78 is 1.01. The van der Waals surface area contributed by atoms with E-state index in [-0.39, 0.29) is 11.8 Å². The third kappa shape index (κ3) is 2.50. The number of carbonyl (C=O) groups is 1. The molecular formula is C15H16BrN3O. The van der Waals surface area contributed by atoms with Gasteiger partial charge in [0.05, 0.1) is 12.0 Å². The van der Waals surface area contributed by atoms with Crippen molar-refractivity contribution >= 4 is 27.5 Å². The van der Waals surface area contributed by atoms with E-state index in [1.807, 2.05) is 25.1 Å². The molecule has 104 valence electrons. The van der Waals surface area contributed by atoms with Gasteiger partial charge in [0.1, 0.15) is 0 Å². The van der Waals surface area contributed by atoms with Crippen molar-refractivity contribution in [3.8, 4) is 0 Å². The fraction of sp³-hybridized carbons (Fsp3) is 0.333. The van der Waals surface area contributed by atoms with Gasteiger partial charge in [-0.3, -0.25) is 4.79 Å². The Labute approximate surface area is 126 Å². The fourth-order valence-electron chi connectivity index (χ4n) is 2.60. The molecular weight excluding hydrogens is 318 g/mol. The molecule has 1 amide bonds. The monoisotopic (exact) mass is 333 g/mol. The third-order valence-electron chi connectivity index (χ3n) is 3.88. The van der Waals surface area contributed by atoms with Crippen molar-refractivity contribution in [2.24, 2.45) is 5.92 Å². The first-order chi connectivity index (χ1) is 9.65. The van der Waals surface area contributed by atoms with Crippen LogP contribution in [-0.2, 0) is 17.6 Å². The molecule has 2 aromatic rings. The quantitative estimate of drug-likeness (QED) is 0.886. The fourth-order valence-corrected chi connectivity index (χ4v) is 2.97. The molecule has 4 nitrogen and oxygen atoms in total. The van der Waals surface area contributed by atoms with Gasteiger partial charge in [-0.15, -0.1) is 0 Å². The minimum Gasteiger partial charge on any atom is -0.348 e. The highest BCUT2D eigenvalue weighted by Crippen LogP contribution is 2.27. The Morgan fingerprint density at radius 1 is 1.50 bits per heavy atom. The number of benzene rings is 1. The molecule has 1 unspecified atom stereocenters. The molecule has 0 fully saturated rings. The zero-order valence-electron chi connectivity index (χ0n) is 11.2. The molecule has 0 radical (unpaired) electrons. The highest BCUT2D eigenvalue weighted by atomic mass is 79.9. The van der Waals surface area contributed by atoms with Crippen molar-refractivity contribution in [3.63, 3.8) is 0 Å². The number of nitrogens with one attached hydrogen (secondary N) is 2. The van der Waals surface area contributed by atoms with Crippen molar-refractivity contribution in [1.29, 1.82) is 0 Å². The van der Waals surface area contributed by atoms with Gasteiger partial charge in [-0.1, -0.05) is 22.0 Å². The highest BCUT2D eigenvalue weighted by molar-refractivity contribution is 9.10. The molecule has 1 atom stereocenters. The Hall–Kier alpha value is -1.62. The van der Waals surface area contributed by atoms with Crippen LogP contribution in [-0.4, -0.2) is 15.9 Å². The number of fused-ring (bicyclic) bond motifs is 1. The topological polar surface area (TPSA) is 57.8 Å². The maximum atomic E-state index is 12.4. The lowest BCUT2D eigenvalue weighted by atomic mass is 9.89. The summed E-state index contributed by atoms with van der Waals surface area (Å²) >= 11 is 3.48. The summed E-state index contributed by atoms with van der Waals surface area (Å²) in [6.45, 7) is 1.99. The van der Waals surface area contributed by atoms with Crippen LogP contribution < -0.4 is 5.32 Å². The lowest BCUT2D eigenvalue weighted by molar-refractivity contribution is -0.120. The minimum absolute atomic E-state index is 0.0151. The molecule has 1 aromatic heterocycles. The molecule has 0 saturated carbocycles. The predicted molar refractivity (Wildman–Crippen MR) is 81.6 cm³/mol. The molecule has 0 bridgehead atoms. The largest absolute Gasteiger partial charge is 0.348 e. The highest BCUT2D eigenvalue weighted by Gasteiger charge is 2.26. The van der Waals surface area contributed by atoms with E-state index in [1.54, 1.807) is 6.33 Å². The summed E-state index contributed by atoms with van der Waals surface area (Å²) in [5.41, 5.74) is 4.13. The SMILES string of the molecule is Cc1c(Br)cccc1NC(=O)C1CCc2nc[nH]c2C1. The van der Waals surface area contributed by atoms with Crippen LogP contribution in [0.5, 0.6) is 0 Å². The molecule has 20 heavy (non-hydrogen) atoms. The number of carbonyl (C=O) groups excluding carboxylic acids is 1. The van der Waals surface area contributed by atoms with Crippen molar-refractivity contribution in [2.75, 3.05) is 5.32 Å². The number of aromatic amines is 1. The van der Waals surface area contributed by atoms with E-state index in [0.29, 0.717) is 0 Å². The van der Waals surface area contributed by atoms with E-state index in [9.17, 15) is 4.79 Å². The number of rotatable bonds is 2. The molecule has 5 heteroatoms. The number of aryl methyl sites for hydroxylation is 1. The van der Waals surface area contributed by atoms with Crippen molar-refractivity contribution < 1.29 is 4.79 Å². The Balaban J connectivity index is 1.73. The van der Waals surface area contributed by atoms with Crippen molar-refractivity contribution in [2.45, 2.75) is 26.2 Å². The molecule has 1 aliphatic rings. The lowest BCUT2D eigenvalue weighted by Gasteiger charge is -2.21. The van der Waals surface area contributed by atoms with Gasteiger partial charge in [0.15, 0.2) is 0 Å². The summed E-state index contributed by atoms with van der Waals surface area (Å²) in [7, 11) is 0. The van der Waals surface area contributed by atoms with Crippen LogP contribution in [0, 0.1) is 12.8 Å². The number of halogens is 1. The van der Waals surface area contributed by atoms with Gasteiger partial charge in [0, 0.05) is 28.2 Å². The average molecular weight is 334 g/mol. The van der Waals surface area contributed by atoms with E-state index in [4.69, 9.17) is 0 Å². The van der Waals surface area contributed by atoms with Gasteiger partial charge in [0.25, 0.3) is 0 Å². The molecule has 3 rings (SSSR count). The molecule has 0 saturated heterocycles. The summed E-state index contributed by atoms with van der Waals surface area (Å²) in [4.78, 5) is 19.8. The van der Waals surface area contributed by atoms with Crippen LogP contribution in [0.4, 0.5) is 5.69 Å². The second-order valence-corrected chi connectivity index (χ2v) is 6.02. The van der Waals surface area contributed by atoms with E-state index in [2.05, 4.69) is 31.2 Å². The normalized spacial score (nSPS) is 17.6. The standard InChI is InChI=1S/C15H16BrN3O/c1-9-11(16)3-2-4-12(9)19-15(20)10-5-6-13-14(7-10)18-8-17-13/h2-4,8,10H,5-7H2,1H3,(H,17,18)(H,19,20). The van der Waals surface area contributed by atoms with Crippen LogP contribution in [0.1, 0.15) is 23.4 Å². The van der Waals surface area contributed by atoms with Gasteiger partial charge in [0.2, 0.25) is 5.91 Å². The summed E-state index contributed by atoms with van der Waals surface area (Å²) in [5, 5.41) is 3.04. The smallest absolute Gasteiger partial charge is 0.227 e. The molecule has 0 spiro atoms. The zero-order chi connectivity index (χ0) is 14.1. The summed E-state index contributed by atoms with van der Waals surface area (Å²) in [6, 6.07) is 5.84. The predicted octanol–water partition coefficient (Wildman–Crippen LogP) is 3.22. The van der Waals surface area contributed by atoms with Gasteiger partial charge >= 0.3 is 0 Å². The zero-order valence-corrected chi connectivity index (χ0v) is 12.8. The van der Waals surface area contributed by atoms with Crippen LogP contribution in [0.3, 0.4) is 0 Å². The first kappa shape index (κ1) is 13.4. The molecule has 1 aliphatic carbocycles. The number of anilines is 1. The molecule has 0 aliphatic heterocycles. The number of H-pyrrole nitrogens is 1. The Morgan fingerprint density at radius 3 is 3.20 bits per heavy atom. The van der Waals surface area contributed by atoms with Gasteiger partial charge in [-0.2, -0.15) is 0 Å². The van der Waals surface area contributed by atoms with Crippen LogP contribution >= 0.6 is 15.9 Å². The number of hydrogen-bond acceptors (Lipinski definition) is 2. The second kappa shape index (κ2) is 5.40. The average Bonchev–Trinajstić information content (AvgIpc) is 2.91. The van der Waals surface area contributed by atoms with Gasteiger partial charge in [-0.25, -0.2) is 4.98 Å². The van der Waals surface area contributed by atoms with Gasteiger partial charge < -0.3 is 10.3 Å². The van der Waals surface area contributed by atoms with Gasteiger partial charge in [-0.05, 0) is 37.5 Å². The third-order valence-corrected chi connectivity index (χ3v) is 4.74. The molecule has 2 N–H and O–H groups in total. The molecule has 1 heterocycles. The van der Waals surface area contributed by atoms with E-state index < -0.39 is 0 Å². The van der Waals surface area contributed by atoms with E-state index in [1.165, 1.54) is 0 Å². The van der Waals surface area contributed by atoms with E-state index >= 15 is 0 Å². The number of nitrogens with zero attached hydrogens (tertiary/aromatic N) is 1. The maximum Gasteiger partial charge on any atom is 0.227 e. The first-order valence-corrected chi connectivity index (χ1v) is 7.51. The number of hydrogen-bond donors (Lipinski definition) is 2.